The minimum Gasteiger partial charge on any atom is -0.373 e. The van der Waals surface area contributed by atoms with Gasteiger partial charge in [-0.2, -0.15) is 0 Å². The number of aryl methyl sites for hydroxylation is 1. The van der Waals surface area contributed by atoms with Crippen LogP contribution in [0, 0.1) is 0 Å². The number of fused-ring (bicyclic) bond motifs is 1. The fourth-order valence-corrected chi connectivity index (χ4v) is 5.31. The summed E-state index contributed by atoms with van der Waals surface area (Å²) in [4.78, 5) is 14.2. The van der Waals surface area contributed by atoms with E-state index >= 15 is 0 Å². The van der Waals surface area contributed by atoms with Crippen LogP contribution in [0.3, 0.4) is 0 Å². The van der Waals surface area contributed by atoms with E-state index < -0.39 is 9.84 Å². The standard InChI is InChI=1S/C15H17Cl2NO4S/c16-11-3-1-10(7-12(11)17)2-4-15(19)18-5-6-22-14-9-23(20,21)8-13(14)18/h1,3,7,13-14H,2,4-6,8-9H2. The van der Waals surface area contributed by atoms with E-state index in [4.69, 9.17) is 27.9 Å². The zero-order valence-electron chi connectivity index (χ0n) is 12.4. The Morgan fingerprint density at radius 2 is 2.04 bits per heavy atom. The monoisotopic (exact) mass is 377 g/mol. The number of carbonyl (C=O) groups excluding carboxylic acids is 1. The van der Waals surface area contributed by atoms with Crippen LogP contribution in [0.2, 0.25) is 10.0 Å². The van der Waals surface area contributed by atoms with Gasteiger partial charge in [-0.15, -0.1) is 0 Å². The quantitative estimate of drug-likeness (QED) is 0.807. The van der Waals surface area contributed by atoms with Gasteiger partial charge in [0.25, 0.3) is 0 Å². The molecule has 2 atom stereocenters. The van der Waals surface area contributed by atoms with Crippen molar-refractivity contribution in [1.82, 2.24) is 4.90 Å². The summed E-state index contributed by atoms with van der Waals surface area (Å²) in [5.41, 5.74) is 0.927. The zero-order chi connectivity index (χ0) is 16.6. The highest BCUT2D eigenvalue weighted by Crippen LogP contribution is 2.26. The van der Waals surface area contributed by atoms with Crippen molar-refractivity contribution in [3.63, 3.8) is 0 Å². The van der Waals surface area contributed by atoms with Crippen molar-refractivity contribution in [1.29, 1.82) is 0 Å². The van der Waals surface area contributed by atoms with Crippen LogP contribution in [-0.4, -0.2) is 56.0 Å². The maximum Gasteiger partial charge on any atom is 0.223 e. The van der Waals surface area contributed by atoms with Crippen molar-refractivity contribution in [3.8, 4) is 0 Å². The van der Waals surface area contributed by atoms with Crippen LogP contribution in [0.1, 0.15) is 12.0 Å². The molecule has 8 heteroatoms. The van der Waals surface area contributed by atoms with Gasteiger partial charge in [0.1, 0.15) is 0 Å². The van der Waals surface area contributed by atoms with Crippen molar-refractivity contribution >= 4 is 38.9 Å². The number of halogens is 2. The number of hydrogen-bond acceptors (Lipinski definition) is 4. The molecule has 0 N–H and O–H groups in total. The molecule has 3 rings (SSSR count). The molecule has 0 bridgehead atoms. The summed E-state index contributed by atoms with van der Waals surface area (Å²) >= 11 is 11.8. The van der Waals surface area contributed by atoms with Gasteiger partial charge >= 0.3 is 0 Å². The highest BCUT2D eigenvalue weighted by molar-refractivity contribution is 7.91. The predicted octanol–water partition coefficient (Wildman–Crippen LogP) is 1.95. The summed E-state index contributed by atoms with van der Waals surface area (Å²) in [7, 11) is -3.12. The van der Waals surface area contributed by atoms with Crippen LogP contribution in [0.15, 0.2) is 18.2 Å². The number of hydrogen-bond donors (Lipinski definition) is 0. The van der Waals surface area contributed by atoms with Crippen molar-refractivity contribution in [2.45, 2.75) is 25.0 Å². The van der Waals surface area contributed by atoms with Crippen molar-refractivity contribution in [3.05, 3.63) is 33.8 Å². The fraction of sp³-hybridized carbons (Fsp3) is 0.533. The summed E-state index contributed by atoms with van der Waals surface area (Å²) in [6.45, 7) is 0.825. The van der Waals surface area contributed by atoms with Gasteiger partial charge in [-0.1, -0.05) is 29.3 Å². The third-order valence-electron chi connectivity index (χ3n) is 4.27. The van der Waals surface area contributed by atoms with Gasteiger partial charge in [-0.05, 0) is 24.1 Å². The van der Waals surface area contributed by atoms with E-state index in [1.807, 2.05) is 6.07 Å². The number of sulfone groups is 1. The molecule has 0 saturated carbocycles. The Kier molecular flexibility index (Phi) is 4.88. The Balaban J connectivity index is 1.64. The Hall–Kier alpha value is -0.820. The number of rotatable bonds is 3. The van der Waals surface area contributed by atoms with Gasteiger partial charge in [-0.25, -0.2) is 8.42 Å². The smallest absolute Gasteiger partial charge is 0.223 e. The van der Waals surface area contributed by atoms with Crippen LogP contribution < -0.4 is 0 Å². The van der Waals surface area contributed by atoms with Gasteiger partial charge in [0.05, 0.1) is 40.3 Å². The Morgan fingerprint density at radius 1 is 1.26 bits per heavy atom. The molecule has 1 aromatic carbocycles. The highest BCUT2D eigenvalue weighted by Gasteiger charge is 2.45. The summed E-state index contributed by atoms with van der Waals surface area (Å²) < 4.78 is 29.0. The SMILES string of the molecule is O=C(CCc1ccc(Cl)c(Cl)c1)N1CCOC2CS(=O)(=O)CC21. The third kappa shape index (κ3) is 3.82. The second-order valence-corrected chi connectivity index (χ2v) is 8.86. The molecule has 0 aromatic heterocycles. The molecule has 1 aromatic rings. The van der Waals surface area contributed by atoms with Crippen LogP contribution in [0.5, 0.6) is 0 Å². The lowest BCUT2D eigenvalue weighted by molar-refractivity contribution is -0.142. The van der Waals surface area contributed by atoms with Crippen molar-refractivity contribution < 1.29 is 17.9 Å². The van der Waals surface area contributed by atoms with E-state index in [0.717, 1.165) is 5.56 Å². The van der Waals surface area contributed by atoms with Gasteiger partial charge in [0.15, 0.2) is 9.84 Å². The second kappa shape index (κ2) is 6.59. The highest BCUT2D eigenvalue weighted by atomic mass is 35.5. The molecule has 0 aliphatic carbocycles. The molecule has 23 heavy (non-hydrogen) atoms. The number of benzene rings is 1. The first kappa shape index (κ1) is 17.0. The van der Waals surface area contributed by atoms with Crippen LogP contribution >= 0.6 is 23.2 Å². The summed E-state index contributed by atoms with van der Waals surface area (Å²) in [5.74, 6) is -0.0452. The number of nitrogens with zero attached hydrogens (tertiary/aromatic N) is 1. The first-order chi connectivity index (χ1) is 10.9. The number of amides is 1. The molecule has 2 fully saturated rings. The molecule has 2 heterocycles. The van der Waals surface area contributed by atoms with Crippen LogP contribution in [0.4, 0.5) is 0 Å². The molecule has 1 amide bonds. The molecular weight excluding hydrogens is 361 g/mol. The van der Waals surface area contributed by atoms with Crippen molar-refractivity contribution in [2.75, 3.05) is 24.7 Å². The molecule has 2 aliphatic rings. The minimum absolute atomic E-state index is 0.00379. The van der Waals surface area contributed by atoms with E-state index in [-0.39, 0.29) is 29.6 Å². The normalized spacial score (nSPS) is 26.1. The van der Waals surface area contributed by atoms with Crippen LogP contribution in [-0.2, 0) is 25.8 Å². The molecule has 0 spiro atoms. The van der Waals surface area contributed by atoms with E-state index in [1.54, 1.807) is 17.0 Å². The molecule has 5 nitrogen and oxygen atoms in total. The molecule has 0 radical (unpaired) electrons. The summed E-state index contributed by atoms with van der Waals surface area (Å²) in [5, 5.41) is 0.943. The van der Waals surface area contributed by atoms with Gasteiger partial charge < -0.3 is 9.64 Å². The molecule has 126 valence electrons. The van der Waals surface area contributed by atoms with Crippen LogP contribution in [0.25, 0.3) is 0 Å². The first-order valence-electron chi connectivity index (χ1n) is 7.41. The molecule has 2 aliphatic heterocycles. The largest absolute Gasteiger partial charge is 0.373 e. The summed E-state index contributed by atoms with van der Waals surface area (Å²) in [6.07, 6.45) is 0.459. The molecule has 2 saturated heterocycles. The third-order valence-corrected chi connectivity index (χ3v) is 6.69. The van der Waals surface area contributed by atoms with Gasteiger partial charge in [-0.3, -0.25) is 4.79 Å². The molecule has 2 unspecified atom stereocenters. The minimum atomic E-state index is -3.12. The van der Waals surface area contributed by atoms with Gasteiger partial charge in [0, 0.05) is 13.0 Å². The van der Waals surface area contributed by atoms with E-state index in [9.17, 15) is 13.2 Å². The first-order valence-corrected chi connectivity index (χ1v) is 9.99. The second-order valence-electron chi connectivity index (χ2n) is 5.89. The van der Waals surface area contributed by atoms with E-state index in [0.29, 0.717) is 36.0 Å². The Morgan fingerprint density at radius 3 is 2.78 bits per heavy atom. The lowest BCUT2D eigenvalue weighted by atomic mass is 10.1. The topological polar surface area (TPSA) is 63.7 Å². The lowest BCUT2D eigenvalue weighted by Gasteiger charge is -2.36. The van der Waals surface area contributed by atoms with E-state index in [1.165, 1.54) is 0 Å². The fourth-order valence-electron chi connectivity index (χ4n) is 3.11. The predicted molar refractivity (Wildman–Crippen MR) is 88.7 cm³/mol. The van der Waals surface area contributed by atoms with Crippen molar-refractivity contribution in [2.24, 2.45) is 0 Å². The average Bonchev–Trinajstić information content (AvgIpc) is 2.81. The zero-order valence-corrected chi connectivity index (χ0v) is 14.7. The maximum absolute atomic E-state index is 12.5. The van der Waals surface area contributed by atoms with E-state index in [2.05, 4.69) is 0 Å². The number of carbonyl (C=O) groups is 1. The van der Waals surface area contributed by atoms with Gasteiger partial charge in [0.2, 0.25) is 5.91 Å². The maximum atomic E-state index is 12.5. The number of ether oxygens (including phenoxy) is 1. The Bertz CT molecular complexity index is 722. The Labute approximate surface area is 145 Å². The lowest BCUT2D eigenvalue weighted by Crippen LogP contribution is -2.53. The number of morpholine rings is 1. The summed E-state index contributed by atoms with van der Waals surface area (Å²) in [6, 6.07) is 4.94. The molecular formula is C15H17Cl2NO4S. The average molecular weight is 378 g/mol.